The molecule has 7 heteroatoms. The van der Waals surface area contributed by atoms with E-state index in [1.54, 1.807) is 0 Å². The molecular formula is C9H13F5OS. The van der Waals surface area contributed by atoms with Crippen LogP contribution >= 0.6 is 11.8 Å². The molecule has 0 amide bonds. The molecule has 0 saturated carbocycles. The Bertz CT molecular complexity index is 224. The van der Waals surface area contributed by atoms with E-state index in [0.717, 1.165) is 11.8 Å². The first kappa shape index (κ1) is 15.7. The van der Waals surface area contributed by atoms with Gasteiger partial charge in [-0.1, -0.05) is 11.8 Å². The zero-order chi connectivity index (χ0) is 12.8. The molecule has 0 spiro atoms. The summed E-state index contributed by atoms with van der Waals surface area (Å²) in [5.74, 6) is -4.03. The van der Waals surface area contributed by atoms with E-state index < -0.39 is 31.4 Å². The quantitative estimate of drug-likeness (QED) is 0.656. The molecule has 0 aliphatic heterocycles. The van der Waals surface area contributed by atoms with Crippen LogP contribution in [0.4, 0.5) is 22.0 Å². The molecule has 2 atom stereocenters. The first-order chi connectivity index (χ1) is 7.29. The van der Waals surface area contributed by atoms with Crippen LogP contribution in [-0.2, 0) is 4.79 Å². The van der Waals surface area contributed by atoms with Gasteiger partial charge in [-0.2, -0.15) is 0 Å². The minimum absolute atomic E-state index is 0.102. The van der Waals surface area contributed by atoms with Crippen LogP contribution in [0.15, 0.2) is 0 Å². The fourth-order valence-electron chi connectivity index (χ4n) is 0.929. The van der Waals surface area contributed by atoms with Crippen molar-refractivity contribution in [3.63, 3.8) is 0 Å². The van der Waals surface area contributed by atoms with E-state index in [9.17, 15) is 26.7 Å². The van der Waals surface area contributed by atoms with Gasteiger partial charge in [-0.3, -0.25) is 4.79 Å². The maximum Gasteiger partial charge on any atom is 0.306 e. The summed E-state index contributed by atoms with van der Waals surface area (Å²) < 4.78 is 62.1. The van der Waals surface area contributed by atoms with Crippen molar-refractivity contribution < 1.29 is 26.7 Å². The number of thioether (sulfide) groups is 1. The van der Waals surface area contributed by atoms with Crippen molar-refractivity contribution in [1.82, 2.24) is 0 Å². The summed E-state index contributed by atoms with van der Waals surface area (Å²) in [5, 5.41) is -0.224. The Balaban J connectivity index is 3.86. The molecule has 0 aromatic rings. The second-order valence-electron chi connectivity index (χ2n) is 3.32. The maximum absolute atomic E-state index is 13.0. The highest BCUT2D eigenvalue weighted by atomic mass is 32.2. The Morgan fingerprint density at radius 2 is 1.94 bits per heavy atom. The van der Waals surface area contributed by atoms with Gasteiger partial charge in [0, 0.05) is 19.1 Å². The van der Waals surface area contributed by atoms with Gasteiger partial charge in [-0.05, 0) is 6.42 Å². The SMILES string of the molecule is CC(=O)SCCC(F)CC(F)C(F)(F)CF. The van der Waals surface area contributed by atoms with E-state index in [4.69, 9.17) is 0 Å². The first-order valence-electron chi connectivity index (χ1n) is 4.65. The van der Waals surface area contributed by atoms with E-state index in [-0.39, 0.29) is 17.3 Å². The van der Waals surface area contributed by atoms with Crippen LogP contribution in [0.3, 0.4) is 0 Å². The fraction of sp³-hybridized carbons (Fsp3) is 0.889. The molecule has 1 nitrogen and oxygen atoms in total. The molecule has 0 saturated heterocycles. The lowest BCUT2D eigenvalue weighted by molar-refractivity contribution is -0.109. The molecule has 0 radical (unpaired) electrons. The number of rotatable bonds is 7. The average Bonchev–Trinajstić information content (AvgIpc) is 2.16. The number of halogens is 5. The molecule has 0 heterocycles. The number of alkyl halides is 5. The second kappa shape index (κ2) is 7.09. The molecule has 0 aromatic heterocycles. The van der Waals surface area contributed by atoms with Crippen molar-refractivity contribution in [3.8, 4) is 0 Å². The third kappa shape index (κ3) is 6.30. The monoisotopic (exact) mass is 264 g/mol. The summed E-state index contributed by atoms with van der Waals surface area (Å²) in [6.07, 6.45) is -5.86. The Kier molecular flexibility index (Phi) is 6.94. The van der Waals surface area contributed by atoms with Crippen molar-refractivity contribution in [3.05, 3.63) is 0 Å². The molecule has 0 fully saturated rings. The highest BCUT2D eigenvalue weighted by molar-refractivity contribution is 8.13. The van der Waals surface area contributed by atoms with Gasteiger partial charge >= 0.3 is 5.92 Å². The van der Waals surface area contributed by atoms with Gasteiger partial charge in [-0.15, -0.1) is 0 Å². The molecule has 16 heavy (non-hydrogen) atoms. The molecule has 0 N–H and O–H groups in total. The highest BCUT2D eigenvalue weighted by Gasteiger charge is 2.41. The van der Waals surface area contributed by atoms with Crippen molar-refractivity contribution >= 4 is 16.9 Å². The van der Waals surface area contributed by atoms with Gasteiger partial charge in [0.15, 0.2) is 18.0 Å². The van der Waals surface area contributed by atoms with Crippen molar-refractivity contribution in [1.29, 1.82) is 0 Å². The van der Waals surface area contributed by atoms with Crippen LogP contribution in [0, 0.1) is 0 Å². The van der Waals surface area contributed by atoms with Gasteiger partial charge < -0.3 is 0 Å². The van der Waals surface area contributed by atoms with Crippen LogP contribution in [0.25, 0.3) is 0 Å². The van der Waals surface area contributed by atoms with Crippen molar-refractivity contribution in [2.75, 3.05) is 12.4 Å². The molecule has 2 unspecified atom stereocenters. The topological polar surface area (TPSA) is 17.1 Å². The molecule has 0 aliphatic carbocycles. The summed E-state index contributed by atoms with van der Waals surface area (Å²) in [7, 11) is 0. The predicted molar refractivity (Wildman–Crippen MR) is 53.1 cm³/mol. The lowest BCUT2D eigenvalue weighted by atomic mass is 10.1. The number of carbonyl (C=O) groups excluding carboxylic acids is 1. The van der Waals surface area contributed by atoms with Crippen LogP contribution in [0.1, 0.15) is 19.8 Å². The van der Waals surface area contributed by atoms with Crippen molar-refractivity contribution in [2.45, 2.75) is 38.0 Å². The smallest absolute Gasteiger partial charge is 0.288 e. The van der Waals surface area contributed by atoms with Crippen LogP contribution in [0.2, 0.25) is 0 Å². The third-order valence-electron chi connectivity index (χ3n) is 1.84. The normalized spacial score (nSPS) is 15.9. The number of hydrogen-bond acceptors (Lipinski definition) is 2. The molecule has 0 aliphatic rings. The molecule has 0 bridgehead atoms. The summed E-state index contributed by atoms with van der Waals surface area (Å²) in [4.78, 5) is 10.4. The van der Waals surface area contributed by atoms with Crippen LogP contribution < -0.4 is 0 Å². The van der Waals surface area contributed by atoms with Gasteiger partial charge in [0.1, 0.15) is 6.17 Å². The lowest BCUT2D eigenvalue weighted by Gasteiger charge is -2.18. The third-order valence-corrected chi connectivity index (χ3v) is 2.68. The number of hydrogen-bond donors (Lipinski definition) is 0. The standard InChI is InChI=1S/C9H13F5OS/c1-6(15)16-3-2-7(11)4-8(12)9(13,14)5-10/h7-8H,2-5H2,1H3. The van der Waals surface area contributed by atoms with E-state index in [1.165, 1.54) is 6.92 Å². The second-order valence-corrected chi connectivity index (χ2v) is 4.60. The van der Waals surface area contributed by atoms with E-state index >= 15 is 0 Å². The zero-order valence-electron chi connectivity index (χ0n) is 8.69. The van der Waals surface area contributed by atoms with E-state index in [2.05, 4.69) is 0 Å². The van der Waals surface area contributed by atoms with Gasteiger partial charge in [0.2, 0.25) is 0 Å². The molecular weight excluding hydrogens is 251 g/mol. The molecule has 96 valence electrons. The molecule has 0 aromatic carbocycles. The zero-order valence-corrected chi connectivity index (χ0v) is 9.51. The van der Waals surface area contributed by atoms with E-state index in [0.29, 0.717) is 0 Å². The van der Waals surface area contributed by atoms with Crippen molar-refractivity contribution in [2.24, 2.45) is 0 Å². The average molecular weight is 264 g/mol. The first-order valence-corrected chi connectivity index (χ1v) is 5.63. The summed E-state index contributed by atoms with van der Waals surface area (Å²) in [6.45, 7) is -0.851. The Morgan fingerprint density at radius 3 is 2.38 bits per heavy atom. The lowest BCUT2D eigenvalue weighted by Crippen LogP contribution is -2.34. The minimum Gasteiger partial charge on any atom is -0.288 e. The van der Waals surface area contributed by atoms with Gasteiger partial charge in [0.25, 0.3) is 0 Å². The Labute approximate surface area is 94.8 Å². The Hall–Kier alpha value is -0.330. The Morgan fingerprint density at radius 1 is 1.38 bits per heavy atom. The van der Waals surface area contributed by atoms with Crippen LogP contribution in [-0.4, -0.2) is 35.8 Å². The van der Waals surface area contributed by atoms with Crippen LogP contribution in [0.5, 0.6) is 0 Å². The largest absolute Gasteiger partial charge is 0.306 e. The predicted octanol–water partition coefficient (Wildman–Crippen LogP) is 3.33. The minimum atomic E-state index is -4.13. The summed E-state index contributed by atoms with van der Waals surface area (Å²) in [5.41, 5.74) is 0. The maximum atomic E-state index is 13.0. The van der Waals surface area contributed by atoms with Gasteiger partial charge in [-0.25, -0.2) is 22.0 Å². The van der Waals surface area contributed by atoms with E-state index in [1.807, 2.05) is 0 Å². The summed E-state index contributed by atoms with van der Waals surface area (Å²) in [6, 6.07) is 0. The number of carbonyl (C=O) groups is 1. The highest BCUT2D eigenvalue weighted by Crippen LogP contribution is 2.27. The molecule has 0 rings (SSSR count). The summed E-state index contributed by atoms with van der Waals surface area (Å²) >= 11 is 0.837. The fourth-order valence-corrected chi connectivity index (χ4v) is 1.59. The van der Waals surface area contributed by atoms with Gasteiger partial charge in [0.05, 0.1) is 0 Å².